The highest BCUT2D eigenvalue weighted by atomic mass is 16.6. The van der Waals surface area contributed by atoms with Crippen LogP contribution in [0.2, 0.25) is 0 Å². The van der Waals surface area contributed by atoms with Crippen molar-refractivity contribution in [2.75, 3.05) is 13.7 Å². The molecule has 0 aliphatic heterocycles. The van der Waals surface area contributed by atoms with E-state index in [2.05, 4.69) is 36.1 Å². The van der Waals surface area contributed by atoms with Crippen LogP contribution in [-0.4, -0.2) is 43.3 Å². The Labute approximate surface area is 168 Å². The third kappa shape index (κ3) is 13.6. The number of hydrogen-bond acceptors (Lipinski definition) is 5. The fourth-order valence-electron chi connectivity index (χ4n) is 1.86. The average Bonchev–Trinajstić information content (AvgIpc) is 2.57. The van der Waals surface area contributed by atoms with Gasteiger partial charge in [-0.2, -0.15) is 0 Å². The van der Waals surface area contributed by atoms with Crippen LogP contribution in [0.4, 0.5) is 4.79 Å². The Bertz CT molecular complexity index is 606. The number of carbonyl (C=O) groups is 3. The normalized spacial score (nSPS) is 11.6. The van der Waals surface area contributed by atoms with Crippen molar-refractivity contribution in [1.82, 2.24) is 10.6 Å². The van der Waals surface area contributed by atoms with Gasteiger partial charge in [-0.25, -0.2) is 4.79 Å². The average molecular weight is 395 g/mol. The van der Waals surface area contributed by atoms with Crippen LogP contribution in [0.25, 0.3) is 0 Å². The van der Waals surface area contributed by atoms with E-state index >= 15 is 0 Å². The second-order valence-electron chi connectivity index (χ2n) is 7.91. The first-order chi connectivity index (χ1) is 12.9. The van der Waals surface area contributed by atoms with Crippen LogP contribution in [0.15, 0.2) is 30.3 Å². The second-order valence-corrected chi connectivity index (χ2v) is 7.91. The topological polar surface area (TPSA) is 93.7 Å². The van der Waals surface area contributed by atoms with Gasteiger partial charge in [-0.3, -0.25) is 9.59 Å². The predicted octanol–water partition coefficient (Wildman–Crippen LogP) is 3.07. The van der Waals surface area contributed by atoms with Crippen molar-refractivity contribution in [1.29, 1.82) is 0 Å². The number of esters is 1. The molecule has 0 saturated carbocycles. The van der Waals surface area contributed by atoms with Gasteiger partial charge >= 0.3 is 12.1 Å². The molecule has 0 spiro atoms. The smallest absolute Gasteiger partial charge is 0.408 e. The Kier molecular flexibility index (Phi) is 11.6. The molecule has 0 radical (unpaired) electrons. The van der Waals surface area contributed by atoms with Gasteiger partial charge in [0.15, 0.2) is 0 Å². The molecule has 2 amide bonds. The molecular formula is C21H34N2O5. The molecule has 158 valence electrons. The van der Waals surface area contributed by atoms with Gasteiger partial charge in [0.05, 0.1) is 7.11 Å². The molecular weight excluding hydrogens is 360 g/mol. The first-order valence-electron chi connectivity index (χ1n) is 9.32. The molecule has 0 bridgehead atoms. The number of ether oxygens (including phenoxy) is 2. The van der Waals surface area contributed by atoms with Crippen LogP contribution in [0.3, 0.4) is 0 Å². The lowest BCUT2D eigenvalue weighted by Crippen LogP contribution is -2.50. The molecule has 0 heterocycles. The SMILES string of the molecule is CC(C)C.COC(=O)CNC(=O)C(Cc1ccccc1)NC(=O)OC(C)(C)C. The molecule has 1 rings (SSSR count). The van der Waals surface area contributed by atoms with Gasteiger partial charge < -0.3 is 20.1 Å². The summed E-state index contributed by atoms with van der Waals surface area (Å²) in [6.45, 7) is 11.4. The van der Waals surface area contributed by atoms with Crippen molar-refractivity contribution in [3.8, 4) is 0 Å². The summed E-state index contributed by atoms with van der Waals surface area (Å²) in [5, 5.41) is 4.98. The quantitative estimate of drug-likeness (QED) is 0.723. The summed E-state index contributed by atoms with van der Waals surface area (Å²) < 4.78 is 9.66. The van der Waals surface area contributed by atoms with E-state index in [1.165, 1.54) is 7.11 Å². The highest BCUT2D eigenvalue weighted by Gasteiger charge is 2.25. The molecule has 28 heavy (non-hydrogen) atoms. The molecule has 7 heteroatoms. The highest BCUT2D eigenvalue weighted by Crippen LogP contribution is 2.08. The third-order valence-electron chi connectivity index (χ3n) is 2.92. The minimum Gasteiger partial charge on any atom is -0.468 e. The van der Waals surface area contributed by atoms with E-state index in [0.717, 1.165) is 11.5 Å². The van der Waals surface area contributed by atoms with Crippen molar-refractivity contribution in [2.24, 2.45) is 5.92 Å². The summed E-state index contributed by atoms with van der Waals surface area (Å²) in [4.78, 5) is 35.4. The number of carbonyl (C=O) groups excluding carboxylic acids is 3. The molecule has 0 aromatic heterocycles. The Hall–Kier alpha value is -2.57. The number of alkyl carbamates (subject to hydrolysis) is 1. The lowest BCUT2D eigenvalue weighted by atomic mass is 10.1. The molecule has 0 saturated heterocycles. The van der Waals surface area contributed by atoms with Gasteiger partial charge in [0.2, 0.25) is 5.91 Å². The summed E-state index contributed by atoms with van der Waals surface area (Å²) in [7, 11) is 1.23. The molecule has 1 aromatic rings. The van der Waals surface area contributed by atoms with Gasteiger partial charge in [0.1, 0.15) is 18.2 Å². The van der Waals surface area contributed by atoms with E-state index in [1.807, 2.05) is 30.3 Å². The number of rotatable bonds is 6. The van der Waals surface area contributed by atoms with Crippen molar-refractivity contribution >= 4 is 18.0 Å². The second kappa shape index (κ2) is 12.8. The van der Waals surface area contributed by atoms with Crippen LogP contribution in [-0.2, 0) is 25.5 Å². The van der Waals surface area contributed by atoms with E-state index in [4.69, 9.17) is 4.74 Å². The molecule has 1 atom stereocenters. The Morgan fingerprint density at radius 3 is 2.04 bits per heavy atom. The zero-order valence-corrected chi connectivity index (χ0v) is 18.0. The fourth-order valence-corrected chi connectivity index (χ4v) is 1.86. The van der Waals surface area contributed by atoms with E-state index in [-0.39, 0.29) is 13.0 Å². The molecule has 1 unspecified atom stereocenters. The summed E-state index contributed by atoms with van der Waals surface area (Å²) in [5.41, 5.74) is 0.191. The number of nitrogens with one attached hydrogen (secondary N) is 2. The Morgan fingerprint density at radius 1 is 1.04 bits per heavy atom. The first-order valence-corrected chi connectivity index (χ1v) is 9.32. The van der Waals surface area contributed by atoms with Crippen molar-refractivity contribution in [3.63, 3.8) is 0 Å². The zero-order chi connectivity index (χ0) is 21.7. The molecule has 1 aromatic carbocycles. The van der Waals surface area contributed by atoms with Crippen LogP contribution in [0.1, 0.15) is 47.1 Å². The van der Waals surface area contributed by atoms with Crippen LogP contribution < -0.4 is 10.6 Å². The maximum Gasteiger partial charge on any atom is 0.408 e. The van der Waals surface area contributed by atoms with E-state index in [0.29, 0.717) is 0 Å². The van der Waals surface area contributed by atoms with Crippen molar-refractivity contribution < 1.29 is 23.9 Å². The lowest BCUT2D eigenvalue weighted by Gasteiger charge is -2.23. The molecule has 0 aliphatic carbocycles. The van der Waals surface area contributed by atoms with Crippen LogP contribution in [0, 0.1) is 5.92 Å². The number of benzene rings is 1. The standard InChI is InChI=1S/C17H24N2O5.C4H10/c1-17(2,3)24-16(22)19-13(10-12-8-6-5-7-9-12)15(21)18-11-14(20)23-4;1-4(2)3/h5-9,13H,10-11H2,1-4H3,(H,18,21)(H,19,22);4H,1-3H3. The number of hydrogen-bond donors (Lipinski definition) is 2. The van der Waals surface area contributed by atoms with Gasteiger partial charge in [0, 0.05) is 6.42 Å². The zero-order valence-electron chi connectivity index (χ0n) is 18.0. The lowest BCUT2D eigenvalue weighted by molar-refractivity contribution is -0.141. The maximum atomic E-state index is 12.3. The Morgan fingerprint density at radius 2 is 1.57 bits per heavy atom. The minimum atomic E-state index is -0.869. The van der Waals surface area contributed by atoms with Gasteiger partial charge in [-0.05, 0) is 32.3 Å². The van der Waals surface area contributed by atoms with Crippen LogP contribution in [0.5, 0.6) is 0 Å². The van der Waals surface area contributed by atoms with Crippen LogP contribution >= 0.6 is 0 Å². The maximum absolute atomic E-state index is 12.3. The molecule has 0 fully saturated rings. The number of amides is 2. The van der Waals surface area contributed by atoms with Gasteiger partial charge in [-0.15, -0.1) is 0 Å². The monoisotopic (exact) mass is 394 g/mol. The van der Waals surface area contributed by atoms with Gasteiger partial charge in [0.25, 0.3) is 0 Å². The van der Waals surface area contributed by atoms with E-state index in [1.54, 1.807) is 20.8 Å². The van der Waals surface area contributed by atoms with Gasteiger partial charge in [-0.1, -0.05) is 51.1 Å². The summed E-state index contributed by atoms with van der Waals surface area (Å²) >= 11 is 0. The predicted molar refractivity (Wildman–Crippen MR) is 109 cm³/mol. The van der Waals surface area contributed by atoms with E-state index < -0.39 is 29.6 Å². The Balaban J connectivity index is 0.00000165. The van der Waals surface area contributed by atoms with Crippen molar-refractivity contribution in [3.05, 3.63) is 35.9 Å². The van der Waals surface area contributed by atoms with E-state index in [9.17, 15) is 14.4 Å². The number of methoxy groups -OCH3 is 1. The fraction of sp³-hybridized carbons (Fsp3) is 0.571. The molecule has 7 nitrogen and oxygen atoms in total. The summed E-state index contributed by atoms with van der Waals surface area (Å²) in [6.07, 6.45) is -0.427. The molecule has 0 aliphatic rings. The highest BCUT2D eigenvalue weighted by molar-refractivity contribution is 5.88. The first kappa shape index (κ1) is 25.4. The third-order valence-corrected chi connectivity index (χ3v) is 2.92. The minimum absolute atomic E-state index is 0.267. The summed E-state index contributed by atoms with van der Waals surface area (Å²) in [5.74, 6) is -0.228. The molecule has 2 N–H and O–H groups in total. The van der Waals surface area contributed by atoms with Crippen molar-refractivity contribution in [2.45, 2.75) is 59.6 Å². The summed E-state index contributed by atoms with van der Waals surface area (Å²) in [6, 6.07) is 8.36. The largest absolute Gasteiger partial charge is 0.468 e.